The molecular weight excluding hydrogens is 256 g/mol. The minimum Gasteiger partial charge on any atom is -0.461 e. The molecular formula is C15H12N2O3. The van der Waals surface area contributed by atoms with Gasteiger partial charge in [-0.05, 0) is 31.2 Å². The number of H-pyrrole nitrogens is 1. The molecule has 1 N–H and O–H groups in total. The fraction of sp³-hybridized carbons (Fsp3) is 0.133. The van der Waals surface area contributed by atoms with Crippen LogP contribution < -0.4 is 0 Å². The number of nitrogens with one attached hydrogen (secondary N) is 1. The summed E-state index contributed by atoms with van der Waals surface area (Å²) in [7, 11) is 0. The summed E-state index contributed by atoms with van der Waals surface area (Å²) in [4.78, 5) is 29.9. The number of hydrogen-bond acceptors (Lipinski definition) is 4. The Hall–Kier alpha value is -2.69. The molecule has 3 rings (SSSR count). The molecule has 100 valence electrons. The summed E-state index contributed by atoms with van der Waals surface area (Å²) in [5.41, 5.74) is 2.56. The first-order valence-corrected chi connectivity index (χ1v) is 6.26. The van der Waals surface area contributed by atoms with E-state index in [0.29, 0.717) is 12.2 Å². The Morgan fingerprint density at radius 3 is 2.85 bits per heavy atom. The van der Waals surface area contributed by atoms with Crippen LogP contribution in [0.25, 0.3) is 21.8 Å². The van der Waals surface area contributed by atoms with Gasteiger partial charge < -0.3 is 9.72 Å². The lowest BCUT2D eigenvalue weighted by molar-refractivity contribution is 0.0519. The van der Waals surface area contributed by atoms with Crippen molar-refractivity contribution in [1.29, 1.82) is 0 Å². The van der Waals surface area contributed by atoms with Crippen molar-refractivity contribution in [1.82, 2.24) is 9.97 Å². The van der Waals surface area contributed by atoms with Crippen molar-refractivity contribution in [2.75, 3.05) is 6.61 Å². The van der Waals surface area contributed by atoms with Gasteiger partial charge >= 0.3 is 5.97 Å². The standard InChI is InChI=1S/C15H12N2O3/c1-2-20-15(19)13-6-11-10-5-9(8-18)3-4-12(10)17-14(11)7-16-13/h3-8,17H,2H2,1H3. The second kappa shape index (κ2) is 4.77. The van der Waals surface area contributed by atoms with Gasteiger partial charge in [0, 0.05) is 21.9 Å². The van der Waals surface area contributed by atoms with E-state index in [4.69, 9.17) is 4.74 Å². The number of aromatic amines is 1. The Morgan fingerprint density at radius 1 is 1.30 bits per heavy atom. The fourth-order valence-corrected chi connectivity index (χ4v) is 2.21. The van der Waals surface area contributed by atoms with Crippen LogP contribution in [0, 0.1) is 0 Å². The third-order valence-corrected chi connectivity index (χ3v) is 3.13. The molecule has 0 spiro atoms. The molecule has 0 amide bonds. The minimum atomic E-state index is -0.449. The van der Waals surface area contributed by atoms with Gasteiger partial charge in [0.1, 0.15) is 12.0 Å². The van der Waals surface area contributed by atoms with Crippen LogP contribution in [0.1, 0.15) is 27.8 Å². The second-order valence-electron chi connectivity index (χ2n) is 4.38. The van der Waals surface area contributed by atoms with E-state index < -0.39 is 5.97 Å². The molecule has 0 aliphatic carbocycles. The zero-order valence-electron chi connectivity index (χ0n) is 10.8. The molecule has 5 heteroatoms. The lowest BCUT2D eigenvalue weighted by Gasteiger charge is -2.00. The Morgan fingerprint density at radius 2 is 2.10 bits per heavy atom. The quantitative estimate of drug-likeness (QED) is 0.585. The van der Waals surface area contributed by atoms with Crippen molar-refractivity contribution >= 4 is 34.1 Å². The second-order valence-corrected chi connectivity index (χ2v) is 4.38. The predicted molar refractivity (Wildman–Crippen MR) is 74.9 cm³/mol. The topological polar surface area (TPSA) is 72.0 Å². The highest BCUT2D eigenvalue weighted by Gasteiger charge is 2.12. The van der Waals surface area contributed by atoms with E-state index in [1.165, 1.54) is 0 Å². The van der Waals surface area contributed by atoms with Gasteiger partial charge in [-0.2, -0.15) is 0 Å². The third-order valence-electron chi connectivity index (χ3n) is 3.13. The Bertz CT molecular complexity index is 820. The van der Waals surface area contributed by atoms with Crippen LogP contribution in [0.5, 0.6) is 0 Å². The molecule has 0 atom stereocenters. The largest absolute Gasteiger partial charge is 0.461 e. The van der Waals surface area contributed by atoms with Crippen molar-refractivity contribution in [3.63, 3.8) is 0 Å². The van der Waals surface area contributed by atoms with Crippen LogP contribution in [0.15, 0.2) is 30.5 Å². The lowest BCUT2D eigenvalue weighted by atomic mass is 10.1. The summed E-state index contributed by atoms with van der Waals surface area (Å²) in [6.07, 6.45) is 2.40. The van der Waals surface area contributed by atoms with E-state index >= 15 is 0 Å². The summed E-state index contributed by atoms with van der Waals surface area (Å²) in [5, 5.41) is 1.74. The third kappa shape index (κ3) is 1.93. The SMILES string of the molecule is CCOC(=O)c1cc2c(cn1)[nH]c1ccc(C=O)cc12. The van der Waals surface area contributed by atoms with Crippen LogP contribution in [0.4, 0.5) is 0 Å². The van der Waals surface area contributed by atoms with Gasteiger partial charge in [-0.25, -0.2) is 9.78 Å². The summed E-state index contributed by atoms with van der Waals surface area (Å²) < 4.78 is 4.94. The van der Waals surface area contributed by atoms with E-state index in [-0.39, 0.29) is 5.69 Å². The van der Waals surface area contributed by atoms with Gasteiger partial charge in [0.15, 0.2) is 0 Å². The molecule has 0 saturated carbocycles. The monoisotopic (exact) mass is 268 g/mol. The maximum Gasteiger partial charge on any atom is 0.356 e. The summed E-state index contributed by atoms with van der Waals surface area (Å²) in [5.74, 6) is -0.449. The molecule has 0 radical (unpaired) electrons. The first-order chi connectivity index (χ1) is 9.72. The Labute approximate surface area is 114 Å². The molecule has 0 aliphatic heterocycles. The van der Waals surface area contributed by atoms with Crippen molar-refractivity contribution in [2.24, 2.45) is 0 Å². The summed E-state index contributed by atoms with van der Waals surface area (Å²) in [6, 6.07) is 7.05. The fourth-order valence-electron chi connectivity index (χ4n) is 2.21. The van der Waals surface area contributed by atoms with Gasteiger partial charge in [-0.15, -0.1) is 0 Å². The highest BCUT2D eigenvalue weighted by atomic mass is 16.5. The highest BCUT2D eigenvalue weighted by molar-refractivity contribution is 6.09. The molecule has 2 aromatic heterocycles. The number of carbonyl (C=O) groups excluding carboxylic acids is 2. The van der Waals surface area contributed by atoms with Crippen LogP contribution in [-0.2, 0) is 4.74 Å². The first-order valence-electron chi connectivity index (χ1n) is 6.26. The van der Waals surface area contributed by atoms with Crippen molar-refractivity contribution in [3.8, 4) is 0 Å². The van der Waals surface area contributed by atoms with Crippen molar-refractivity contribution < 1.29 is 14.3 Å². The number of fused-ring (bicyclic) bond motifs is 3. The number of benzene rings is 1. The maximum atomic E-state index is 11.7. The number of aromatic nitrogens is 2. The molecule has 0 aliphatic rings. The van der Waals surface area contributed by atoms with Gasteiger partial charge in [0.25, 0.3) is 0 Å². The molecule has 5 nitrogen and oxygen atoms in total. The number of ether oxygens (including phenoxy) is 1. The average Bonchev–Trinajstić information content (AvgIpc) is 2.84. The number of nitrogens with zero attached hydrogens (tertiary/aromatic N) is 1. The van der Waals surface area contributed by atoms with Crippen molar-refractivity contribution in [2.45, 2.75) is 6.92 Å². The summed E-state index contributed by atoms with van der Waals surface area (Å²) in [6.45, 7) is 2.06. The number of pyridine rings is 1. The molecule has 0 bridgehead atoms. The number of hydrogen-bond donors (Lipinski definition) is 1. The first kappa shape index (κ1) is 12.3. The van der Waals surface area contributed by atoms with E-state index in [1.807, 2.05) is 6.07 Å². The average molecular weight is 268 g/mol. The van der Waals surface area contributed by atoms with Gasteiger partial charge in [-0.3, -0.25) is 4.79 Å². The highest BCUT2D eigenvalue weighted by Crippen LogP contribution is 2.26. The van der Waals surface area contributed by atoms with Crippen LogP contribution in [-0.4, -0.2) is 28.8 Å². The lowest BCUT2D eigenvalue weighted by Crippen LogP contribution is -2.06. The van der Waals surface area contributed by atoms with Gasteiger partial charge in [-0.1, -0.05) is 0 Å². The molecule has 3 aromatic rings. The van der Waals surface area contributed by atoms with Crippen molar-refractivity contribution in [3.05, 3.63) is 41.7 Å². The zero-order valence-corrected chi connectivity index (χ0v) is 10.8. The van der Waals surface area contributed by atoms with Crippen LogP contribution in [0.3, 0.4) is 0 Å². The van der Waals surface area contributed by atoms with E-state index in [0.717, 1.165) is 28.1 Å². The number of carbonyl (C=O) groups is 2. The van der Waals surface area contributed by atoms with Crippen LogP contribution in [0.2, 0.25) is 0 Å². The zero-order chi connectivity index (χ0) is 14.1. The molecule has 0 unspecified atom stereocenters. The maximum absolute atomic E-state index is 11.7. The molecule has 0 saturated heterocycles. The predicted octanol–water partition coefficient (Wildman–Crippen LogP) is 2.71. The Kier molecular flexibility index (Phi) is 2.95. The smallest absolute Gasteiger partial charge is 0.356 e. The van der Waals surface area contributed by atoms with Gasteiger partial charge in [0.2, 0.25) is 0 Å². The summed E-state index contributed by atoms with van der Waals surface area (Å²) >= 11 is 0. The molecule has 20 heavy (non-hydrogen) atoms. The normalized spacial score (nSPS) is 10.8. The van der Waals surface area contributed by atoms with E-state index in [2.05, 4.69) is 9.97 Å². The van der Waals surface area contributed by atoms with Gasteiger partial charge in [0.05, 0.1) is 18.3 Å². The van der Waals surface area contributed by atoms with Crippen LogP contribution >= 0.6 is 0 Å². The molecule has 1 aromatic carbocycles. The Balaban J connectivity index is 2.23. The number of rotatable bonds is 3. The number of esters is 1. The molecule has 0 fully saturated rings. The molecule has 2 heterocycles. The number of aldehydes is 1. The van der Waals surface area contributed by atoms with E-state index in [1.54, 1.807) is 31.3 Å². The van der Waals surface area contributed by atoms with E-state index in [9.17, 15) is 9.59 Å². The minimum absolute atomic E-state index is 0.261.